The average Bonchev–Trinajstić information content (AvgIpc) is 2.47. The van der Waals surface area contributed by atoms with Gasteiger partial charge in [0.25, 0.3) is 0 Å². The fraction of sp³-hybridized carbons (Fsp3) is 1.00. The van der Waals surface area contributed by atoms with E-state index in [2.05, 4.69) is 5.32 Å². The van der Waals surface area contributed by atoms with Gasteiger partial charge in [-0.1, -0.05) is 6.92 Å². The van der Waals surface area contributed by atoms with Gasteiger partial charge in [0, 0.05) is 13.1 Å². The number of alkyl halides is 3. The molecule has 1 fully saturated rings. The van der Waals surface area contributed by atoms with Crippen LogP contribution in [0.3, 0.4) is 0 Å². The third-order valence-electron chi connectivity index (χ3n) is 2.82. The second-order valence-corrected chi connectivity index (χ2v) is 3.45. The zero-order valence-electron chi connectivity index (χ0n) is 7.91. The molecular formula is C8H15F3N2. The largest absolute Gasteiger partial charge is 0.407 e. The Morgan fingerprint density at radius 2 is 2.08 bits per heavy atom. The van der Waals surface area contributed by atoms with E-state index in [0.29, 0.717) is 13.1 Å². The smallest absolute Gasteiger partial charge is 0.306 e. The normalized spacial score (nSPS) is 31.2. The third-order valence-corrected chi connectivity index (χ3v) is 2.82. The molecule has 78 valence electrons. The second kappa shape index (κ2) is 3.46. The predicted octanol–water partition coefficient (Wildman–Crippen LogP) is 1.23. The van der Waals surface area contributed by atoms with E-state index in [4.69, 9.17) is 0 Å². The Kier molecular flexibility index (Phi) is 2.87. The lowest BCUT2D eigenvalue weighted by atomic mass is 9.98. The molecule has 2 nitrogen and oxygen atoms in total. The zero-order chi connectivity index (χ0) is 10.1. The van der Waals surface area contributed by atoms with Crippen molar-refractivity contribution in [3.05, 3.63) is 0 Å². The molecule has 1 heterocycles. The summed E-state index contributed by atoms with van der Waals surface area (Å²) in [5.74, 6) is 0. The summed E-state index contributed by atoms with van der Waals surface area (Å²) in [6.07, 6.45) is -3.99. The number of hydrogen-bond donors (Lipinski definition) is 1. The van der Waals surface area contributed by atoms with Crippen LogP contribution in [0.25, 0.3) is 0 Å². The predicted molar refractivity (Wildman–Crippen MR) is 44.6 cm³/mol. The molecule has 0 spiro atoms. The standard InChI is InChI=1S/C8H15F3N2/c1-3-13-5-4-7(6-13,12-2)8(9,10)11/h12H,3-6H2,1-2H3. The fourth-order valence-electron chi connectivity index (χ4n) is 1.74. The first-order valence-corrected chi connectivity index (χ1v) is 4.43. The molecule has 0 bridgehead atoms. The third kappa shape index (κ3) is 1.81. The summed E-state index contributed by atoms with van der Waals surface area (Å²) in [6, 6.07) is 0. The lowest BCUT2D eigenvalue weighted by molar-refractivity contribution is -0.191. The molecule has 1 aliphatic heterocycles. The highest BCUT2D eigenvalue weighted by molar-refractivity contribution is 5.01. The molecule has 13 heavy (non-hydrogen) atoms. The molecule has 1 unspecified atom stereocenters. The first kappa shape index (κ1) is 10.8. The number of likely N-dealkylation sites (tertiary alicyclic amines) is 1. The minimum atomic E-state index is -4.15. The Morgan fingerprint density at radius 1 is 1.46 bits per heavy atom. The molecule has 1 aliphatic rings. The highest BCUT2D eigenvalue weighted by atomic mass is 19.4. The minimum Gasteiger partial charge on any atom is -0.306 e. The maximum atomic E-state index is 12.6. The summed E-state index contributed by atoms with van der Waals surface area (Å²) in [7, 11) is 1.38. The molecule has 0 amide bonds. The summed E-state index contributed by atoms with van der Waals surface area (Å²) >= 11 is 0. The van der Waals surface area contributed by atoms with Gasteiger partial charge in [-0.3, -0.25) is 0 Å². The number of hydrogen-bond acceptors (Lipinski definition) is 2. The van der Waals surface area contributed by atoms with E-state index in [1.54, 1.807) is 0 Å². The number of nitrogens with one attached hydrogen (secondary N) is 1. The van der Waals surface area contributed by atoms with Gasteiger partial charge in [-0.2, -0.15) is 13.2 Å². The number of halogens is 3. The summed E-state index contributed by atoms with van der Waals surface area (Å²) in [6.45, 7) is 3.15. The van der Waals surface area contributed by atoms with E-state index >= 15 is 0 Å². The average molecular weight is 196 g/mol. The Bertz CT molecular complexity index is 181. The minimum absolute atomic E-state index is 0.0729. The fourth-order valence-corrected chi connectivity index (χ4v) is 1.74. The summed E-state index contributed by atoms with van der Waals surface area (Å²) < 4.78 is 37.9. The van der Waals surface area contributed by atoms with Crippen molar-refractivity contribution in [2.24, 2.45) is 0 Å². The van der Waals surface area contributed by atoms with Crippen LogP contribution >= 0.6 is 0 Å². The van der Waals surface area contributed by atoms with Crippen LogP contribution in [0.1, 0.15) is 13.3 Å². The van der Waals surface area contributed by atoms with Gasteiger partial charge in [0.2, 0.25) is 0 Å². The first-order chi connectivity index (χ1) is 5.95. The van der Waals surface area contributed by atoms with Crippen molar-refractivity contribution in [1.82, 2.24) is 10.2 Å². The Hall–Kier alpha value is -0.290. The van der Waals surface area contributed by atoms with Crippen molar-refractivity contribution in [3.8, 4) is 0 Å². The topological polar surface area (TPSA) is 15.3 Å². The molecular weight excluding hydrogens is 181 g/mol. The second-order valence-electron chi connectivity index (χ2n) is 3.45. The van der Waals surface area contributed by atoms with Crippen LogP contribution in [-0.2, 0) is 0 Å². The van der Waals surface area contributed by atoms with Crippen molar-refractivity contribution in [2.45, 2.75) is 25.1 Å². The highest BCUT2D eigenvalue weighted by Crippen LogP contribution is 2.37. The quantitative estimate of drug-likeness (QED) is 0.714. The van der Waals surface area contributed by atoms with Gasteiger partial charge in [-0.25, -0.2) is 0 Å². The van der Waals surface area contributed by atoms with E-state index in [1.807, 2.05) is 11.8 Å². The van der Waals surface area contributed by atoms with Crippen LogP contribution in [0, 0.1) is 0 Å². The maximum absolute atomic E-state index is 12.6. The molecule has 1 atom stereocenters. The Balaban J connectivity index is 2.74. The van der Waals surface area contributed by atoms with Crippen molar-refractivity contribution in [3.63, 3.8) is 0 Å². The van der Waals surface area contributed by atoms with Crippen LogP contribution < -0.4 is 5.32 Å². The van der Waals surface area contributed by atoms with Gasteiger partial charge >= 0.3 is 6.18 Å². The van der Waals surface area contributed by atoms with E-state index in [0.717, 1.165) is 0 Å². The van der Waals surface area contributed by atoms with Crippen LogP contribution in [0.4, 0.5) is 13.2 Å². The van der Waals surface area contributed by atoms with Crippen molar-refractivity contribution in [2.75, 3.05) is 26.7 Å². The molecule has 0 radical (unpaired) electrons. The molecule has 0 saturated carbocycles. The number of likely N-dealkylation sites (N-methyl/N-ethyl adjacent to an activating group) is 2. The van der Waals surface area contributed by atoms with Crippen molar-refractivity contribution in [1.29, 1.82) is 0 Å². The lowest BCUT2D eigenvalue weighted by Gasteiger charge is -2.31. The van der Waals surface area contributed by atoms with Crippen LogP contribution in [0.5, 0.6) is 0 Å². The zero-order valence-corrected chi connectivity index (χ0v) is 7.91. The molecule has 1 saturated heterocycles. The first-order valence-electron chi connectivity index (χ1n) is 4.43. The monoisotopic (exact) mass is 196 g/mol. The van der Waals surface area contributed by atoms with Crippen LogP contribution in [-0.4, -0.2) is 43.3 Å². The molecule has 0 aliphatic carbocycles. The Morgan fingerprint density at radius 3 is 2.31 bits per heavy atom. The molecule has 0 aromatic rings. The highest BCUT2D eigenvalue weighted by Gasteiger charge is 2.56. The molecule has 1 rings (SSSR count). The van der Waals surface area contributed by atoms with Gasteiger partial charge in [-0.15, -0.1) is 0 Å². The van der Waals surface area contributed by atoms with Gasteiger partial charge in [0.15, 0.2) is 0 Å². The maximum Gasteiger partial charge on any atom is 0.407 e. The van der Waals surface area contributed by atoms with E-state index in [1.165, 1.54) is 7.05 Å². The molecule has 0 aromatic carbocycles. The van der Waals surface area contributed by atoms with Gasteiger partial charge in [0.05, 0.1) is 0 Å². The van der Waals surface area contributed by atoms with Crippen LogP contribution in [0.15, 0.2) is 0 Å². The number of rotatable bonds is 2. The van der Waals surface area contributed by atoms with Crippen molar-refractivity contribution >= 4 is 0 Å². The summed E-state index contributed by atoms with van der Waals surface area (Å²) in [5, 5.41) is 2.42. The van der Waals surface area contributed by atoms with Crippen LogP contribution in [0.2, 0.25) is 0 Å². The SMILES string of the molecule is CCN1CCC(NC)(C(F)(F)F)C1. The Labute approximate surface area is 76.1 Å². The molecule has 5 heteroatoms. The van der Waals surface area contributed by atoms with Gasteiger partial charge in [0.1, 0.15) is 5.54 Å². The summed E-state index contributed by atoms with van der Waals surface area (Å²) in [4.78, 5) is 1.81. The van der Waals surface area contributed by atoms with Gasteiger partial charge < -0.3 is 10.2 Å². The van der Waals surface area contributed by atoms with Gasteiger partial charge in [-0.05, 0) is 20.0 Å². The van der Waals surface area contributed by atoms with E-state index < -0.39 is 11.7 Å². The molecule has 1 N–H and O–H groups in total. The molecule has 0 aromatic heterocycles. The van der Waals surface area contributed by atoms with Crippen molar-refractivity contribution < 1.29 is 13.2 Å². The number of nitrogens with zero attached hydrogens (tertiary/aromatic N) is 1. The van der Waals surface area contributed by atoms with E-state index in [9.17, 15) is 13.2 Å². The lowest BCUT2D eigenvalue weighted by Crippen LogP contribution is -2.57. The summed E-state index contributed by atoms with van der Waals surface area (Å²) in [5.41, 5.74) is -1.68. The van der Waals surface area contributed by atoms with E-state index in [-0.39, 0.29) is 13.0 Å².